The molecule has 4 rings (SSSR count). The van der Waals surface area contributed by atoms with Gasteiger partial charge in [0.25, 0.3) is 11.8 Å². The molecule has 1 aliphatic carbocycles. The zero-order valence-corrected chi connectivity index (χ0v) is 17.8. The van der Waals surface area contributed by atoms with Crippen LogP contribution in [0.1, 0.15) is 53.0 Å². The highest BCUT2D eigenvalue weighted by Crippen LogP contribution is 2.40. The predicted molar refractivity (Wildman–Crippen MR) is 123 cm³/mol. The van der Waals surface area contributed by atoms with Crippen molar-refractivity contribution >= 4 is 29.2 Å². The average molecular weight is 417 g/mol. The van der Waals surface area contributed by atoms with Crippen LogP contribution in [0.5, 0.6) is 0 Å². The number of nitrogens with one attached hydrogen (secondary N) is 2. The van der Waals surface area contributed by atoms with Crippen molar-refractivity contribution < 1.29 is 9.59 Å². The van der Waals surface area contributed by atoms with E-state index in [1.165, 1.54) is 0 Å². The molecule has 2 aliphatic rings. The summed E-state index contributed by atoms with van der Waals surface area (Å²) in [4.78, 5) is 31.0. The minimum atomic E-state index is -0.241. The van der Waals surface area contributed by atoms with Gasteiger partial charge in [0.15, 0.2) is 0 Å². The molecular weight excluding hydrogens is 388 g/mol. The summed E-state index contributed by atoms with van der Waals surface area (Å²) >= 11 is 0. The molecular formula is C25H28N4O2. The number of carbonyl (C=O) groups is 2. The molecule has 0 radical (unpaired) electrons. The normalized spacial score (nSPS) is 21.8. The number of amides is 2. The number of hydrogen-bond acceptors (Lipinski definition) is 3. The van der Waals surface area contributed by atoms with Crippen molar-refractivity contribution in [1.29, 1.82) is 0 Å². The van der Waals surface area contributed by atoms with Gasteiger partial charge in [-0.2, -0.15) is 0 Å². The van der Waals surface area contributed by atoms with Crippen molar-refractivity contribution in [3.05, 3.63) is 52.8 Å². The van der Waals surface area contributed by atoms with E-state index in [1.54, 1.807) is 12.1 Å². The Labute approximate surface area is 182 Å². The molecule has 1 aromatic carbocycles. The molecule has 0 saturated heterocycles. The van der Waals surface area contributed by atoms with Crippen LogP contribution in [0, 0.1) is 25.2 Å². The fraction of sp³-hybridized carbons (Fsp3) is 0.360. The van der Waals surface area contributed by atoms with Gasteiger partial charge in [-0.1, -0.05) is 12.0 Å². The van der Waals surface area contributed by atoms with E-state index in [0.29, 0.717) is 23.6 Å². The van der Waals surface area contributed by atoms with Gasteiger partial charge >= 0.3 is 0 Å². The molecule has 1 fully saturated rings. The molecule has 2 aromatic rings. The third-order valence-electron chi connectivity index (χ3n) is 6.15. The number of nitrogens with zero attached hydrogens (tertiary/aromatic N) is 1. The Kier molecular flexibility index (Phi) is 5.97. The first kappa shape index (κ1) is 21.0. The molecule has 0 spiro atoms. The summed E-state index contributed by atoms with van der Waals surface area (Å²) in [6.07, 6.45) is 11.1. The first-order valence-corrected chi connectivity index (χ1v) is 10.8. The van der Waals surface area contributed by atoms with Crippen LogP contribution in [-0.2, 0) is 4.79 Å². The molecule has 1 saturated carbocycles. The maximum atomic E-state index is 13.5. The van der Waals surface area contributed by atoms with E-state index in [1.807, 2.05) is 36.1 Å². The van der Waals surface area contributed by atoms with E-state index in [2.05, 4.69) is 16.2 Å². The molecule has 1 aliphatic heterocycles. The fourth-order valence-corrected chi connectivity index (χ4v) is 4.44. The van der Waals surface area contributed by atoms with Gasteiger partial charge in [-0.15, -0.1) is 6.42 Å². The number of rotatable bonds is 5. The van der Waals surface area contributed by atoms with Crippen molar-refractivity contribution in [3.8, 4) is 12.3 Å². The minimum absolute atomic E-state index is 0.0293. The average Bonchev–Trinajstić information content (AvgIpc) is 3.29. The summed E-state index contributed by atoms with van der Waals surface area (Å²) in [6, 6.07) is 9.60. The number of aryl methyl sites for hydroxylation is 1. The van der Waals surface area contributed by atoms with Gasteiger partial charge < -0.3 is 20.9 Å². The highest BCUT2D eigenvalue weighted by atomic mass is 16.2. The van der Waals surface area contributed by atoms with Crippen LogP contribution in [0.25, 0.3) is 11.6 Å². The summed E-state index contributed by atoms with van der Waals surface area (Å²) in [6.45, 7) is 2.78. The number of H-pyrrole nitrogens is 1. The maximum absolute atomic E-state index is 13.5. The summed E-state index contributed by atoms with van der Waals surface area (Å²) < 4.78 is 0. The fourth-order valence-electron chi connectivity index (χ4n) is 4.44. The molecule has 0 bridgehead atoms. The second-order valence-electron chi connectivity index (χ2n) is 8.47. The number of terminal acetylenes is 1. The number of fused-ring (bicyclic) bond motifs is 1. The lowest BCUT2D eigenvalue weighted by Gasteiger charge is -2.30. The van der Waals surface area contributed by atoms with E-state index < -0.39 is 0 Å². The SMILES string of the molecule is C#CCNC(=O)c1ccc2c(c1)N(CC1CCC(N)CC1)C(=O)/C2=C\c1ccc(C)[nH]1. The van der Waals surface area contributed by atoms with Crippen LogP contribution in [0.4, 0.5) is 5.69 Å². The van der Waals surface area contributed by atoms with E-state index in [4.69, 9.17) is 12.2 Å². The van der Waals surface area contributed by atoms with Gasteiger partial charge in [0, 0.05) is 35.1 Å². The molecule has 6 nitrogen and oxygen atoms in total. The van der Waals surface area contributed by atoms with E-state index in [-0.39, 0.29) is 24.4 Å². The van der Waals surface area contributed by atoms with Crippen molar-refractivity contribution in [2.45, 2.75) is 38.6 Å². The third-order valence-corrected chi connectivity index (χ3v) is 6.15. The van der Waals surface area contributed by atoms with E-state index >= 15 is 0 Å². The van der Waals surface area contributed by atoms with E-state index in [9.17, 15) is 9.59 Å². The molecule has 2 amide bonds. The van der Waals surface area contributed by atoms with Gasteiger partial charge in [0.2, 0.25) is 0 Å². The summed E-state index contributed by atoms with van der Waals surface area (Å²) in [7, 11) is 0. The van der Waals surface area contributed by atoms with Gasteiger partial charge in [-0.25, -0.2) is 0 Å². The summed E-state index contributed by atoms with van der Waals surface area (Å²) in [5, 5.41) is 2.69. The predicted octanol–water partition coefficient (Wildman–Crippen LogP) is 3.09. The lowest BCUT2D eigenvalue weighted by Crippen LogP contribution is -2.36. The Bertz CT molecular complexity index is 1070. The van der Waals surface area contributed by atoms with Crippen LogP contribution < -0.4 is 16.0 Å². The first-order chi connectivity index (χ1) is 15.0. The minimum Gasteiger partial charge on any atom is -0.359 e. The summed E-state index contributed by atoms with van der Waals surface area (Å²) in [5.74, 6) is 2.55. The highest BCUT2D eigenvalue weighted by Gasteiger charge is 2.35. The molecule has 4 N–H and O–H groups in total. The van der Waals surface area contributed by atoms with Crippen molar-refractivity contribution in [3.63, 3.8) is 0 Å². The maximum Gasteiger partial charge on any atom is 0.259 e. The van der Waals surface area contributed by atoms with Crippen LogP contribution >= 0.6 is 0 Å². The topological polar surface area (TPSA) is 91.2 Å². The molecule has 31 heavy (non-hydrogen) atoms. The molecule has 6 heteroatoms. The molecule has 0 unspecified atom stereocenters. The van der Waals surface area contributed by atoms with Crippen LogP contribution in [-0.4, -0.2) is 35.9 Å². The second kappa shape index (κ2) is 8.83. The van der Waals surface area contributed by atoms with Crippen LogP contribution in [0.2, 0.25) is 0 Å². The smallest absolute Gasteiger partial charge is 0.259 e. The summed E-state index contributed by atoms with van der Waals surface area (Å²) in [5.41, 5.74) is 10.7. The van der Waals surface area contributed by atoms with Crippen molar-refractivity contribution in [2.24, 2.45) is 11.7 Å². The zero-order chi connectivity index (χ0) is 22.0. The van der Waals surface area contributed by atoms with Gasteiger partial charge in [-0.05, 0) is 68.9 Å². The number of hydrogen-bond donors (Lipinski definition) is 3. The Morgan fingerprint density at radius 2 is 2.06 bits per heavy atom. The zero-order valence-electron chi connectivity index (χ0n) is 17.8. The quantitative estimate of drug-likeness (QED) is 0.517. The molecule has 0 atom stereocenters. The Morgan fingerprint density at radius 3 is 2.74 bits per heavy atom. The number of anilines is 1. The lowest BCUT2D eigenvalue weighted by molar-refractivity contribution is -0.113. The van der Waals surface area contributed by atoms with Crippen LogP contribution in [0.15, 0.2) is 30.3 Å². The lowest BCUT2D eigenvalue weighted by atomic mass is 9.86. The van der Waals surface area contributed by atoms with Crippen molar-refractivity contribution in [2.75, 3.05) is 18.0 Å². The molecule has 2 heterocycles. The van der Waals surface area contributed by atoms with Gasteiger partial charge in [-0.3, -0.25) is 9.59 Å². The largest absolute Gasteiger partial charge is 0.359 e. The Morgan fingerprint density at radius 1 is 1.29 bits per heavy atom. The van der Waals surface area contributed by atoms with Gasteiger partial charge in [0.05, 0.1) is 17.8 Å². The number of aromatic amines is 1. The second-order valence-corrected chi connectivity index (χ2v) is 8.47. The number of aromatic nitrogens is 1. The Hall–Kier alpha value is -3.30. The molecule has 160 valence electrons. The number of benzene rings is 1. The monoisotopic (exact) mass is 416 g/mol. The first-order valence-electron chi connectivity index (χ1n) is 10.8. The third kappa shape index (κ3) is 4.42. The van der Waals surface area contributed by atoms with Crippen molar-refractivity contribution in [1.82, 2.24) is 10.3 Å². The van der Waals surface area contributed by atoms with Crippen LogP contribution in [0.3, 0.4) is 0 Å². The van der Waals surface area contributed by atoms with Gasteiger partial charge in [0.1, 0.15) is 0 Å². The van der Waals surface area contributed by atoms with E-state index in [0.717, 1.165) is 48.3 Å². The standard InChI is InChI=1S/C25H28N4O2/c1-3-12-27-24(30)18-7-11-21-22(14-20-10-4-16(2)28-20)25(31)29(23(21)13-18)15-17-5-8-19(26)9-6-17/h1,4,7,10-11,13-14,17,19,28H,5-6,8-9,12,15,26H2,2H3,(H,27,30)/b22-14-. The Balaban J connectivity index is 1.68. The number of nitrogens with two attached hydrogens (primary N) is 1. The number of carbonyl (C=O) groups excluding carboxylic acids is 2. The molecule has 1 aromatic heterocycles. The highest BCUT2D eigenvalue weighted by molar-refractivity contribution is 6.36.